The minimum atomic E-state index is 0.00102. The summed E-state index contributed by atoms with van der Waals surface area (Å²) in [5.74, 6) is 0.737. The van der Waals surface area contributed by atoms with Crippen molar-refractivity contribution in [1.29, 1.82) is 5.26 Å². The van der Waals surface area contributed by atoms with Gasteiger partial charge in [-0.25, -0.2) is 0 Å². The first-order valence-corrected chi connectivity index (χ1v) is 8.11. The highest BCUT2D eigenvalue weighted by molar-refractivity contribution is 5.66. The SMILES string of the molecule is Cc1cc(COc2cccc(CO)c2)cc(-c2cccc(C#N)c2)c1. The fraction of sp³-hybridized carbons (Fsp3) is 0.136. The van der Waals surface area contributed by atoms with Crippen molar-refractivity contribution in [2.24, 2.45) is 0 Å². The van der Waals surface area contributed by atoms with E-state index in [4.69, 9.17) is 10.00 Å². The maximum Gasteiger partial charge on any atom is 0.120 e. The second-order valence-corrected chi connectivity index (χ2v) is 5.99. The Morgan fingerprint density at radius 1 is 0.920 bits per heavy atom. The van der Waals surface area contributed by atoms with Gasteiger partial charge in [0.15, 0.2) is 0 Å². The van der Waals surface area contributed by atoms with Gasteiger partial charge < -0.3 is 9.84 Å². The van der Waals surface area contributed by atoms with Crippen LogP contribution in [0.15, 0.2) is 66.7 Å². The average Bonchev–Trinajstić information content (AvgIpc) is 2.66. The molecule has 0 aromatic heterocycles. The number of hydrogen-bond acceptors (Lipinski definition) is 3. The van der Waals surface area contributed by atoms with E-state index in [-0.39, 0.29) is 6.61 Å². The molecule has 0 saturated carbocycles. The van der Waals surface area contributed by atoms with Crippen molar-refractivity contribution in [1.82, 2.24) is 0 Å². The fourth-order valence-corrected chi connectivity index (χ4v) is 2.78. The molecule has 0 aliphatic heterocycles. The molecule has 0 atom stereocenters. The van der Waals surface area contributed by atoms with Crippen LogP contribution >= 0.6 is 0 Å². The third-order valence-corrected chi connectivity index (χ3v) is 3.95. The molecule has 3 heteroatoms. The molecule has 0 spiro atoms. The first kappa shape index (κ1) is 16.8. The molecule has 3 aromatic rings. The Morgan fingerprint density at radius 2 is 1.76 bits per heavy atom. The molecule has 0 amide bonds. The van der Waals surface area contributed by atoms with E-state index in [0.717, 1.165) is 33.6 Å². The second-order valence-electron chi connectivity index (χ2n) is 5.99. The van der Waals surface area contributed by atoms with Gasteiger partial charge in [-0.15, -0.1) is 0 Å². The van der Waals surface area contributed by atoms with E-state index < -0.39 is 0 Å². The predicted octanol–water partition coefficient (Wildman–Crippen LogP) is 4.61. The van der Waals surface area contributed by atoms with Gasteiger partial charge in [-0.05, 0) is 59.5 Å². The molecule has 3 nitrogen and oxygen atoms in total. The van der Waals surface area contributed by atoms with Gasteiger partial charge in [-0.3, -0.25) is 0 Å². The molecule has 0 unspecified atom stereocenters. The zero-order valence-electron chi connectivity index (χ0n) is 14.1. The summed E-state index contributed by atoms with van der Waals surface area (Å²) in [5, 5.41) is 18.3. The molecule has 0 saturated heterocycles. The van der Waals surface area contributed by atoms with Crippen LogP contribution in [0.4, 0.5) is 0 Å². The number of hydrogen-bond donors (Lipinski definition) is 1. The van der Waals surface area contributed by atoms with Crippen LogP contribution in [-0.4, -0.2) is 5.11 Å². The summed E-state index contributed by atoms with van der Waals surface area (Å²) in [6, 6.07) is 23.5. The zero-order chi connectivity index (χ0) is 17.6. The van der Waals surface area contributed by atoms with Gasteiger partial charge >= 0.3 is 0 Å². The summed E-state index contributed by atoms with van der Waals surface area (Å²) >= 11 is 0. The second kappa shape index (κ2) is 7.65. The van der Waals surface area contributed by atoms with Crippen LogP contribution in [0.3, 0.4) is 0 Å². The van der Waals surface area contributed by atoms with Gasteiger partial charge in [0.05, 0.1) is 18.2 Å². The van der Waals surface area contributed by atoms with Crippen LogP contribution in [-0.2, 0) is 13.2 Å². The van der Waals surface area contributed by atoms with E-state index in [1.54, 1.807) is 6.07 Å². The maximum atomic E-state index is 9.21. The standard InChI is InChI=1S/C22H19NO2/c1-16-8-19(15-25-22-7-3-5-18(12-22)14-24)11-21(9-16)20-6-2-4-17(10-20)13-23/h2-12,24H,14-15H2,1H3. The molecule has 0 aliphatic carbocycles. The van der Waals surface area contributed by atoms with Crippen LogP contribution in [0.5, 0.6) is 5.75 Å². The largest absolute Gasteiger partial charge is 0.489 e. The third-order valence-electron chi connectivity index (χ3n) is 3.95. The van der Waals surface area contributed by atoms with Gasteiger partial charge in [-0.2, -0.15) is 5.26 Å². The molecule has 0 fully saturated rings. The van der Waals surface area contributed by atoms with Crippen LogP contribution in [0.25, 0.3) is 11.1 Å². The normalized spacial score (nSPS) is 10.3. The molecule has 124 valence electrons. The number of aliphatic hydroxyl groups excluding tert-OH is 1. The first-order valence-electron chi connectivity index (χ1n) is 8.11. The Morgan fingerprint density at radius 3 is 2.56 bits per heavy atom. The van der Waals surface area contributed by atoms with Crippen molar-refractivity contribution < 1.29 is 9.84 Å². The average molecular weight is 329 g/mol. The van der Waals surface area contributed by atoms with Crippen molar-refractivity contribution in [3.63, 3.8) is 0 Å². The molecular formula is C22H19NO2. The first-order chi connectivity index (χ1) is 12.2. The number of nitriles is 1. The topological polar surface area (TPSA) is 53.2 Å². The van der Waals surface area contributed by atoms with Gasteiger partial charge in [0.1, 0.15) is 12.4 Å². The van der Waals surface area contributed by atoms with E-state index in [1.807, 2.05) is 49.4 Å². The van der Waals surface area contributed by atoms with E-state index in [0.29, 0.717) is 12.2 Å². The highest BCUT2D eigenvalue weighted by Crippen LogP contribution is 2.24. The van der Waals surface area contributed by atoms with Crippen LogP contribution in [0.1, 0.15) is 22.3 Å². The van der Waals surface area contributed by atoms with Crippen molar-refractivity contribution in [3.8, 4) is 22.9 Å². The molecule has 0 aliphatic rings. The van der Waals surface area contributed by atoms with Gasteiger partial charge in [0.25, 0.3) is 0 Å². The van der Waals surface area contributed by atoms with E-state index in [9.17, 15) is 5.11 Å². The van der Waals surface area contributed by atoms with Crippen LogP contribution in [0, 0.1) is 18.3 Å². The van der Waals surface area contributed by atoms with Gasteiger partial charge in [0.2, 0.25) is 0 Å². The van der Waals surface area contributed by atoms with Crippen molar-refractivity contribution >= 4 is 0 Å². The highest BCUT2D eigenvalue weighted by atomic mass is 16.5. The predicted molar refractivity (Wildman–Crippen MR) is 98.0 cm³/mol. The maximum absolute atomic E-state index is 9.21. The third kappa shape index (κ3) is 4.26. The lowest BCUT2D eigenvalue weighted by Crippen LogP contribution is -1.97. The van der Waals surface area contributed by atoms with E-state index >= 15 is 0 Å². The van der Waals surface area contributed by atoms with E-state index in [1.165, 1.54) is 0 Å². The molecular weight excluding hydrogens is 310 g/mol. The minimum Gasteiger partial charge on any atom is -0.489 e. The number of nitrogens with zero attached hydrogens (tertiary/aromatic N) is 1. The lowest BCUT2D eigenvalue weighted by atomic mass is 9.99. The smallest absolute Gasteiger partial charge is 0.120 e. The number of benzene rings is 3. The summed E-state index contributed by atoms with van der Waals surface area (Å²) in [6.45, 7) is 2.50. The lowest BCUT2D eigenvalue weighted by Gasteiger charge is -2.11. The summed E-state index contributed by atoms with van der Waals surface area (Å²) in [5.41, 5.74) is 5.77. The molecule has 0 radical (unpaired) electrons. The number of ether oxygens (including phenoxy) is 1. The molecule has 0 heterocycles. The Bertz CT molecular complexity index is 925. The van der Waals surface area contributed by atoms with E-state index in [2.05, 4.69) is 24.3 Å². The highest BCUT2D eigenvalue weighted by Gasteiger charge is 2.04. The quantitative estimate of drug-likeness (QED) is 0.744. The number of rotatable bonds is 5. The fourth-order valence-electron chi connectivity index (χ4n) is 2.78. The lowest BCUT2D eigenvalue weighted by molar-refractivity contribution is 0.278. The summed E-state index contributed by atoms with van der Waals surface area (Å²) in [6.07, 6.45) is 0. The van der Waals surface area contributed by atoms with Crippen molar-refractivity contribution in [2.75, 3.05) is 0 Å². The number of aliphatic hydroxyl groups is 1. The molecule has 1 N–H and O–H groups in total. The molecule has 0 bridgehead atoms. The Balaban J connectivity index is 1.83. The van der Waals surface area contributed by atoms with Crippen molar-refractivity contribution in [3.05, 3.63) is 89.0 Å². The molecule has 3 rings (SSSR count). The van der Waals surface area contributed by atoms with Crippen molar-refractivity contribution in [2.45, 2.75) is 20.1 Å². The molecule has 25 heavy (non-hydrogen) atoms. The molecule has 3 aromatic carbocycles. The Labute approximate surface area is 147 Å². The van der Waals surface area contributed by atoms with Gasteiger partial charge in [0, 0.05) is 0 Å². The Kier molecular flexibility index (Phi) is 5.13. The summed E-state index contributed by atoms with van der Waals surface area (Å²) in [7, 11) is 0. The van der Waals surface area contributed by atoms with Crippen LogP contribution < -0.4 is 4.74 Å². The summed E-state index contributed by atoms with van der Waals surface area (Å²) in [4.78, 5) is 0. The Hall–Kier alpha value is -3.09. The summed E-state index contributed by atoms with van der Waals surface area (Å²) < 4.78 is 5.86. The number of aryl methyl sites for hydroxylation is 1. The van der Waals surface area contributed by atoms with Gasteiger partial charge in [-0.1, -0.05) is 42.0 Å². The monoisotopic (exact) mass is 329 g/mol. The van der Waals surface area contributed by atoms with Crippen LogP contribution in [0.2, 0.25) is 0 Å². The zero-order valence-corrected chi connectivity index (χ0v) is 14.1. The minimum absolute atomic E-state index is 0.00102.